The number of nitrogens with two attached hydrogens (primary N) is 1. The van der Waals surface area contributed by atoms with E-state index in [9.17, 15) is 13.6 Å². The highest BCUT2D eigenvalue weighted by Gasteiger charge is 2.30. The molecule has 0 saturated heterocycles. The Morgan fingerprint density at radius 3 is 2.50 bits per heavy atom. The predicted molar refractivity (Wildman–Crippen MR) is 102 cm³/mol. The minimum atomic E-state index is -0.673. The fourth-order valence-corrected chi connectivity index (χ4v) is 3.66. The van der Waals surface area contributed by atoms with Crippen molar-refractivity contribution >= 4 is 30.1 Å². The van der Waals surface area contributed by atoms with Crippen LogP contribution in [0.3, 0.4) is 0 Å². The van der Waals surface area contributed by atoms with Crippen LogP contribution in [-0.2, 0) is 4.79 Å². The largest absolute Gasteiger partial charge is 0.353 e. The summed E-state index contributed by atoms with van der Waals surface area (Å²) in [4.78, 5) is 12.9. The van der Waals surface area contributed by atoms with E-state index in [0.717, 1.165) is 36.2 Å². The van der Waals surface area contributed by atoms with Crippen LogP contribution in [0, 0.1) is 17.6 Å². The van der Waals surface area contributed by atoms with Gasteiger partial charge in [-0.3, -0.25) is 4.79 Å². The van der Waals surface area contributed by atoms with Crippen molar-refractivity contribution in [2.45, 2.75) is 29.0 Å². The van der Waals surface area contributed by atoms with E-state index in [2.05, 4.69) is 5.32 Å². The van der Waals surface area contributed by atoms with Crippen LogP contribution in [0.1, 0.15) is 23.7 Å². The molecule has 0 bridgehead atoms. The van der Waals surface area contributed by atoms with Crippen molar-refractivity contribution in [1.29, 1.82) is 0 Å². The van der Waals surface area contributed by atoms with E-state index in [1.807, 2.05) is 30.3 Å². The Kier molecular flexibility index (Phi) is 7.43. The van der Waals surface area contributed by atoms with Crippen molar-refractivity contribution in [3.8, 4) is 0 Å². The average molecular weight is 399 g/mol. The molecule has 2 aromatic carbocycles. The summed E-state index contributed by atoms with van der Waals surface area (Å²) < 4.78 is 27.1. The predicted octanol–water partition coefficient (Wildman–Crippen LogP) is 4.07. The normalized spacial score (nSPS) is 15.7. The van der Waals surface area contributed by atoms with E-state index in [1.165, 1.54) is 12.1 Å². The van der Waals surface area contributed by atoms with Gasteiger partial charge in [0.25, 0.3) is 0 Å². The molecule has 0 aromatic heterocycles. The molecule has 0 radical (unpaired) electrons. The second-order valence-electron chi connectivity index (χ2n) is 6.23. The molecule has 1 aliphatic carbocycles. The van der Waals surface area contributed by atoms with Gasteiger partial charge in [0, 0.05) is 23.5 Å². The van der Waals surface area contributed by atoms with E-state index >= 15 is 0 Å². The summed E-state index contributed by atoms with van der Waals surface area (Å²) in [5.74, 6) is -1.06. The molecule has 2 atom stereocenters. The first-order valence-corrected chi connectivity index (χ1v) is 9.12. The molecule has 0 aliphatic heterocycles. The quantitative estimate of drug-likeness (QED) is 0.691. The van der Waals surface area contributed by atoms with E-state index < -0.39 is 16.9 Å². The number of carbonyl (C=O) groups is 1. The monoisotopic (exact) mass is 398 g/mol. The van der Waals surface area contributed by atoms with Crippen LogP contribution in [0.4, 0.5) is 8.78 Å². The van der Waals surface area contributed by atoms with Gasteiger partial charge in [0.15, 0.2) is 0 Å². The Balaban J connectivity index is 0.00000243. The molecule has 3 nitrogen and oxygen atoms in total. The zero-order valence-corrected chi connectivity index (χ0v) is 15.7. The molecular formula is C19H21ClF2N2OS. The second-order valence-corrected chi connectivity index (χ2v) is 7.38. The Bertz CT molecular complexity index is 744. The zero-order chi connectivity index (χ0) is 17.8. The minimum Gasteiger partial charge on any atom is -0.353 e. The Morgan fingerprint density at radius 2 is 1.88 bits per heavy atom. The topological polar surface area (TPSA) is 55.1 Å². The molecule has 1 fully saturated rings. The summed E-state index contributed by atoms with van der Waals surface area (Å²) in [7, 11) is 0. The van der Waals surface area contributed by atoms with Crippen molar-refractivity contribution in [3.05, 3.63) is 65.7 Å². The van der Waals surface area contributed by atoms with Crippen molar-refractivity contribution in [1.82, 2.24) is 5.32 Å². The second kappa shape index (κ2) is 9.35. The summed E-state index contributed by atoms with van der Waals surface area (Å²) in [6, 6.07) is 12.5. The number of hydrogen-bond donors (Lipinski definition) is 2. The number of thioether (sulfide) groups is 1. The first kappa shape index (κ1) is 20.7. The highest BCUT2D eigenvalue weighted by molar-refractivity contribution is 8.00. The molecule has 1 saturated carbocycles. The van der Waals surface area contributed by atoms with Crippen LogP contribution < -0.4 is 11.1 Å². The number of hydrogen-bond acceptors (Lipinski definition) is 3. The summed E-state index contributed by atoms with van der Waals surface area (Å²) in [6.45, 7) is 0.402. The lowest BCUT2D eigenvalue weighted by molar-refractivity contribution is -0.120. The maximum atomic E-state index is 14.0. The highest BCUT2D eigenvalue weighted by Crippen LogP contribution is 2.37. The van der Waals surface area contributed by atoms with Gasteiger partial charge < -0.3 is 11.1 Å². The molecule has 1 aliphatic rings. The van der Waals surface area contributed by atoms with Gasteiger partial charge in [0.05, 0.1) is 0 Å². The van der Waals surface area contributed by atoms with Gasteiger partial charge in [-0.05, 0) is 36.5 Å². The number of rotatable bonds is 7. The Labute approximate surface area is 162 Å². The standard InChI is InChI=1S/C19H20F2N2OS.ClH/c20-14-8-9-17(15(21)10-14)25-18(13-4-2-1-3-5-13)19(24)23-11-16(22)12-6-7-12;/h1-5,8-10,12,16,18H,6-7,11,22H2,(H,23,24);1H. The van der Waals surface area contributed by atoms with Crippen LogP contribution in [-0.4, -0.2) is 18.5 Å². The van der Waals surface area contributed by atoms with Crippen molar-refractivity contribution < 1.29 is 13.6 Å². The molecule has 3 rings (SSSR count). The van der Waals surface area contributed by atoms with Gasteiger partial charge in [0.2, 0.25) is 5.91 Å². The third kappa shape index (κ3) is 5.43. The van der Waals surface area contributed by atoms with Gasteiger partial charge in [-0.2, -0.15) is 0 Å². The van der Waals surface area contributed by atoms with E-state index in [0.29, 0.717) is 12.5 Å². The minimum absolute atomic E-state index is 0. The number of nitrogens with one attached hydrogen (secondary N) is 1. The zero-order valence-electron chi connectivity index (χ0n) is 14.0. The molecule has 140 valence electrons. The van der Waals surface area contributed by atoms with Crippen LogP contribution in [0.5, 0.6) is 0 Å². The molecule has 26 heavy (non-hydrogen) atoms. The van der Waals surface area contributed by atoms with Crippen LogP contribution in [0.25, 0.3) is 0 Å². The smallest absolute Gasteiger partial charge is 0.238 e. The van der Waals surface area contributed by atoms with Crippen molar-refractivity contribution in [2.24, 2.45) is 11.7 Å². The summed E-state index contributed by atoms with van der Waals surface area (Å²) in [6.07, 6.45) is 2.21. The molecule has 2 aromatic rings. The van der Waals surface area contributed by atoms with Gasteiger partial charge in [-0.15, -0.1) is 24.2 Å². The SMILES string of the molecule is Cl.NC(CNC(=O)C(Sc1ccc(F)cc1F)c1ccccc1)C1CC1. The lowest BCUT2D eigenvalue weighted by Gasteiger charge is -2.19. The Morgan fingerprint density at radius 1 is 1.19 bits per heavy atom. The van der Waals surface area contributed by atoms with E-state index in [1.54, 1.807) is 0 Å². The maximum absolute atomic E-state index is 14.0. The van der Waals surface area contributed by atoms with E-state index in [-0.39, 0.29) is 29.3 Å². The summed E-state index contributed by atoms with van der Waals surface area (Å²) in [5, 5.41) is 2.24. The molecule has 3 N–H and O–H groups in total. The third-order valence-corrected chi connectivity index (χ3v) is 5.53. The third-order valence-electron chi connectivity index (χ3n) is 4.22. The van der Waals surface area contributed by atoms with E-state index in [4.69, 9.17) is 5.73 Å². The molecular weight excluding hydrogens is 378 g/mol. The first-order valence-electron chi connectivity index (χ1n) is 8.24. The van der Waals surface area contributed by atoms with Gasteiger partial charge >= 0.3 is 0 Å². The number of halogens is 3. The fraction of sp³-hybridized carbons (Fsp3) is 0.316. The average Bonchev–Trinajstić information content (AvgIpc) is 3.44. The number of carbonyl (C=O) groups excluding carboxylic acids is 1. The van der Waals surface area contributed by atoms with Gasteiger partial charge in [-0.25, -0.2) is 8.78 Å². The van der Waals surface area contributed by atoms with Crippen molar-refractivity contribution in [2.75, 3.05) is 6.54 Å². The lowest BCUT2D eigenvalue weighted by Crippen LogP contribution is -2.40. The first-order chi connectivity index (χ1) is 12.0. The molecule has 0 spiro atoms. The maximum Gasteiger partial charge on any atom is 0.238 e. The van der Waals surface area contributed by atoms with Crippen molar-refractivity contribution in [3.63, 3.8) is 0 Å². The molecule has 7 heteroatoms. The molecule has 1 amide bonds. The molecule has 2 unspecified atom stereocenters. The van der Waals surface area contributed by atoms with Crippen LogP contribution in [0.15, 0.2) is 53.4 Å². The number of amides is 1. The van der Waals surface area contributed by atoms with Gasteiger partial charge in [-0.1, -0.05) is 30.3 Å². The van der Waals surface area contributed by atoms with Gasteiger partial charge in [0.1, 0.15) is 16.9 Å². The van der Waals surface area contributed by atoms with Crippen LogP contribution >= 0.6 is 24.2 Å². The fourth-order valence-electron chi connectivity index (χ4n) is 2.60. The Hall–Kier alpha value is -1.63. The summed E-state index contributed by atoms with van der Waals surface area (Å²) in [5.41, 5.74) is 6.79. The number of benzene rings is 2. The lowest BCUT2D eigenvalue weighted by atomic mass is 10.1. The summed E-state index contributed by atoms with van der Waals surface area (Å²) >= 11 is 1.07. The molecule has 0 heterocycles. The highest BCUT2D eigenvalue weighted by atomic mass is 35.5. The van der Waals surface area contributed by atoms with Crippen LogP contribution in [0.2, 0.25) is 0 Å².